The van der Waals surface area contributed by atoms with E-state index >= 15 is 0 Å². The molecule has 0 spiro atoms. The number of halogens is 3. The van der Waals surface area contributed by atoms with Crippen molar-refractivity contribution >= 4 is 28.3 Å². The molecule has 24 heavy (non-hydrogen) atoms. The second-order valence-corrected chi connectivity index (χ2v) is 6.34. The molecule has 2 heterocycles. The van der Waals surface area contributed by atoms with Gasteiger partial charge in [0, 0.05) is 24.1 Å². The molecular formula is C15H19BrClFN4O2. The van der Waals surface area contributed by atoms with Crippen molar-refractivity contribution in [2.24, 2.45) is 0 Å². The van der Waals surface area contributed by atoms with Gasteiger partial charge in [0.05, 0.1) is 19.1 Å². The van der Waals surface area contributed by atoms with Crippen molar-refractivity contribution in [1.29, 1.82) is 0 Å². The molecule has 1 aromatic carbocycles. The second kappa shape index (κ2) is 8.75. The van der Waals surface area contributed by atoms with Crippen molar-refractivity contribution in [2.45, 2.75) is 12.5 Å². The summed E-state index contributed by atoms with van der Waals surface area (Å²) in [6, 6.07) is 4.80. The fourth-order valence-electron chi connectivity index (χ4n) is 2.44. The zero-order valence-electron chi connectivity index (χ0n) is 13.2. The predicted molar refractivity (Wildman–Crippen MR) is 93.1 cm³/mol. The smallest absolute Gasteiger partial charge is 0.230 e. The fraction of sp³-hybridized carbons (Fsp3) is 0.467. The molecule has 2 aromatic rings. The Balaban J connectivity index is 0.00000208. The number of hydrogen-bond donors (Lipinski definition) is 1. The van der Waals surface area contributed by atoms with Gasteiger partial charge in [-0.05, 0) is 25.2 Å². The maximum Gasteiger partial charge on any atom is 0.230 e. The number of hydrogen-bond acceptors (Lipinski definition) is 6. The third-order valence-electron chi connectivity index (χ3n) is 3.76. The standard InChI is InChI=1S/C15H18BrFN4O2.ClH/c1-21-6-5-18-9-12(21)15-19-14(23-20-15)4-7-22-13-3-2-10(16)8-11(13)17;/h2-3,8,12,18H,4-7,9H2,1H3;1H. The van der Waals surface area contributed by atoms with E-state index in [-0.39, 0.29) is 30.8 Å². The molecule has 0 radical (unpaired) electrons. The van der Waals surface area contributed by atoms with Crippen LogP contribution in [0.4, 0.5) is 4.39 Å². The Hall–Kier alpha value is -1.22. The van der Waals surface area contributed by atoms with Crippen molar-refractivity contribution in [3.05, 3.63) is 40.2 Å². The number of nitrogens with one attached hydrogen (secondary N) is 1. The molecular weight excluding hydrogens is 403 g/mol. The monoisotopic (exact) mass is 420 g/mol. The van der Waals surface area contributed by atoms with Gasteiger partial charge in [0.25, 0.3) is 0 Å². The highest BCUT2D eigenvalue weighted by molar-refractivity contribution is 9.10. The summed E-state index contributed by atoms with van der Waals surface area (Å²) in [5, 5.41) is 7.36. The molecule has 1 unspecified atom stereocenters. The van der Waals surface area contributed by atoms with Crippen LogP contribution in [0.5, 0.6) is 5.75 Å². The van der Waals surface area contributed by atoms with E-state index in [1.54, 1.807) is 12.1 Å². The number of piperazine rings is 1. The van der Waals surface area contributed by atoms with E-state index in [1.165, 1.54) is 6.07 Å². The average molecular weight is 422 g/mol. The van der Waals surface area contributed by atoms with Gasteiger partial charge in [-0.2, -0.15) is 4.98 Å². The van der Waals surface area contributed by atoms with E-state index in [1.807, 2.05) is 7.05 Å². The molecule has 1 saturated heterocycles. The van der Waals surface area contributed by atoms with Crippen molar-refractivity contribution in [2.75, 3.05) is 33.3 Å². The maximum atomic E-state index is 13.6. The van der Waals surface area contributed by atoms with Gasteiger partial charge in [-0.25, -0.2) is 4.39 Å². The number of benzene rings is 1. The van der Waals surface area contributed by atoms with Crippen LogP contribution < -0.4 is 10.1 Å². The Kier molecular flexibility index (Phi) is 6.97. The zero-order valence-corrected chi connectivity index (χ0v) is 15.6. The Morgan fingerprint density at radius 1 is 1.50 bits per heavy atom. The molecule has 1 fully saturated rings. The Morgan fingerprint density at radius 3 is 3.08 bits per heavy atom. The summed E-state index contributed by atoms with van der Waals surface area (Å²) in [6.45, 7) is 2.99. The van der Waals surface area contributed by atoms with Crippen LogP contribution >= 0.6 is 28.3 Å². The summed E-state index contributed by atoms with van der Waals surface area (Å²) in [4.78, 5) is 6.60. The van der Waals surface area contributed by atoms with E-state index in [4.69, 9.17) is 9.26 Å². The van der Waals surface area contributed by atoms with Gasteiger partial charge < -0.3 is 14.6 Å². The Morgan fingerprint density at radius 2 is 2.33 bits per heavy atom. The molecule has 1 N–H and O–H groups in total. The van der Waals surface area contributed by atoms with E-state index in [9.17, 15) is 4.39 Å². The van der Waals surface area contributed by atoms with Gasteiger partial charge in [0.2, 0.25) is 5.89 Å². The zero-order chi connectivity index (χ0) is 16.2. The van der Waals surface area contributed by atoms with E-state index in [2.05, 4.69) is 36.3 Å². The molecule has 132 valence electrons. The first-order valence-electron chi connectivity index (χ1n) is 7.45. The predicted octanol–water partition coefficient (Wildman–Crippen LogP) is 2.59. The van der Waals surface area contributed by atoms with Gasteiger partial charge in [-0.15, -0.1) is 12.4 Å². The lowest BCUT2D eigenvalue weighted by atomic mass is 10.2. The molecule has 0 saturated carbocycles. The maximum absolute atomic E-state index is 13.6. The van der Waals surface area contributed by atoms with Crippen molar-refractivity contribution < 1.29 is 13.7 Å². The summed E-state index contributed by atoms with van der Waals surface area (Å²) in [6.07, 6.45) is 0.437. The van der Waals surface area contributed by atoms with Gasteiger partial charge in [0.15, 0.2) is 17.4 Å². The first-order valence-corrected chi connectivity index (χ1v) is 8.24. The first-order chi connectivity index (χ1) is 11.1. The number of likely N-dealkylation sites (N-methyl/N-ethyl adjacent to an activating group) is 1. The summed E-state index contributed by atoms with van der Waals surface area (Å²) < 4.78 is 25.0. The Bertz CT molecular complexity index is 673. The topological polar surface area (TPSA) is 63.4 Å². The van der Waals surface area contributed by atoms with Crippen molar-refractivity contribution in [1.82, 2.24) is 20.4 Å². The highest BCUT2D eigenvalue weighted by Gasteiger charge is 2.25. The van der Waals surface area contributed by atoms with E-state index < -0.39 is 5.82 Å². The van der Waals surface area contributed by atoms with E-state index in [0.29, 0.717) is 22.6 Å². The lowest BCUT2D eigenvalue weighted by Crippen LogP contribution is -2.44. The van der Waals surface area contributed by atoms with Crippen LogP contribution in [0.25, 0.3) is 0 Å². The van der Waals surface area contributed by atoms with Crippen LogP contribution in [0, 0.1) is 5.82 Å². The van der Waals surface area contributed by atoms with Gasteiger partial charge in [-0.3, -0.25) is 4.90 Å². The molecule has 6 nitrogen and oxygen atoms in total. The van der Waals surface area contributed by atoms with Gasteiger partial charge in [0.1, 0.15) is 0 Å². The molecule has 3 rings (SSSR count). The third kappa shape index (κ3) is 4.66. The summed E-state index contributed by atoms with van der Waals surface area (Å²) >= 11 is 3.21. The molecule has 1 atom stereocenters. The third-order valence-corrected chi connectivity index (χ3v) is 4.25. The summed E-state index contributed by atoms with van der Waals surface area (Å²) in [7, 11) is 2.04. The average Bonchev–Trinajstić information content (AvgIpc) is 2.98. The van der Waals surface area contributed by atoms with Crippen LogP contribution in [-0.4, -0.2) is 48.3 Å². The molecule has 1 aromatic heterocycles. The van der Waals surface area contributed by atoms with Crippen LogP contribution in [0.15, 0.2) is 27.2 Å². The summed E-state index contributed by atoms with van der Waals surface area (Å²) in [5.41, 5.74) is 0. The highest BCUT2D eigenvalue weighted by atomic mass is 79.9. The number of ether oxygens (including phenoxy) is 1. The quantitative estimate of drug-likeness (QED) is 0.801. The lowest BCUT2D eigenvalue weighted by Gasteiger charge is -2.30. The van der Waals surface area contributed by atoms with Gasteiger partial charge >= 0.3 is 0 Å². The lowest BCUT2D eigenvalue weighted by molar-refractivity contribution is 0.190. The minimum Gasteiger partial charge on any atom is -0.490 e. The highest BCUT2D eigenvalue weighted by Crippen LogP contribution is 2.22. The molecule has 1 aliphatic rings. The van der Waals surface area contributed by atoms with Crippen molar-refractivity contribution in [3.8, 4) is 5.75 Å². The Labute approximate surface area is 154 Å². The number of rotatable bonds is 5. The minimum absolute atomic E-state index is 0. The van der Waals surface area contributed by atoms with Crippen LogP contribution in [-0.2, 0) is 6.42 Å². The summed E-state index contributed by atoms with van der Waals surface area (Å²) in [5.74, 6) is 0.977. The second-order valence-electron chi connectivity index (χ2n) is 5.42. The fourth-order valence-corrected chi connectivity index (χ4v) is 2.77. The SMILES string of the molecule is CN1CCNCC1c1noc(CCOc2ccc(Br)cc2F)n1.Cl. The largest absolute Gasteiger partial charge is 0.490 e. The van der Waals surface area contributed by atoms with Crippen LogP contribution in [0.1, 0.15) is 17.8 Å². The molecule has 0 aliphatic carbocycles. The number of aromatic nitrogens is 2. The molecule has 0 bridgehead atoms. The molecule has 0 amide bonds. The molecule has 9 heteroatoms. The minimum atomic E-state index is -0.402. The van der Waals surface area contributed by atoms with E-state index in [0.717, 1.165) is 19.6 Å². The first kappa shape index (κ1) is 19.1. The van der Waals surface area contributed by atoms with Gasteiger partial charge in [-0.1, -0.05) is 21.1 Å². The number of nitrogens with zero attached hydrogens (tertiary/aromatic N) is 3. The normalized spacial score (nSPS) is 18.2. The van der Waals surface area contributed by atoms with Crippen LogP contribution in [0.3, 0.4) is 0 Å². The van der Waals surface area contributed by atoms with Crippen LogP contribution in [0.2, 0.25) is 0 Å². The van der Waals surface area contributed by atoms with Crippen molar-refractivity contribution in [3.63, 3.8) is 0 Å². The molecule has 1 aliphatic heterocycles.